The Bertz CT molecular complexity index is 787. The highest BCUT2D eigenvalue weighted by Crippen LogP contribution is 2.39. The number of benzene rings is 1. The highest BCUT2D eigenvalue weighted by atomic mass is 19.3. The second kappa shape index (κ2) is 5.64. The van der Waals surface area contributed by atoms with E-state index in [0.29, 0.717) is 5.57 Å². The van der Waals surface area contributed by atoms with Crippen LogP contribution in [0.1, 0.15) is 25.0 Å². The van der Waals surface area contributed by atoms with Gasteiger partial charge in [0.05, 0.1) is 11.9 Å². The van der Waals surface area contributed by atoms with Crippen molar-refractivity contribution >= 4 is 11.3 Å². The number of nitrogens with zero attached hydrogens (tertiary/aromatic N) is 2. The molecule has 120 valence electrons. The topological polar surface area (TPSA) is 51.8 Å². The average Bonchev–Trinajstić information content (AvgIpc) is 2.51. The van der Waals surface area contributed by atoms with Gasteiger partial charge >= 0.3 is 0 Å². The molecule has 1 heterocycles. The molecule has 1 aliphatic rings. The molecule has 3 rings (SSSR count). The highest BCUT2D eigenvalue weighted by molar-refractivity contribution is 5.84. The van der Waals surface area contributed by atoms with E-state index in [1.165, 1.54) is 12.3 Å². The van der Waals surface area contributed by atoms with Crippen molar-refractivity contribution in [2.45, 2.75) is 25.2 Å². The maximum absolute atomic E-state index is 13.9. The quantitative estimate of drug-likeness (QED) is 0.843. The first-order valence-corrected chi connectivity index (χ1v) is 7.01. The molecule has 0 unspecified atom stereocenters. The summed E-state index contributed by atoms with van der Waals surface area (Å²) in [6.07, 6.45) is 1.99. The van der Waals surface area contributed by atoms with Crippen LogP contribution in [-0.2, 0) is 0 Å². The summed E-state index contributed by atoms with van der Waals surface area (Å²) in [5.74, 6) is -4.00. The summed E-state index contributed by atoms with van der Waals surface area (Å²) in [7, 11) is 0. The smallest absolute Gasteiger partial charge is 0.251 e. The van der Waals surface area contributed by atoms with Gasteiger partial charge in [-0.3, -0.25) is 0 Å². The fourth-order valence-electron chi connectivity index (χ4n) is 2.56. The first kappa shape index (κ1) is 15.5. The van der Waals surface area contributed by atoms with Crippen molar-refractivity contribution in [3.63, 3.8) is 0 Å². The maximum Gasteiger partial charge on any atom is 0.251 e. The van der Waals surface area contributed by atoms with Crippen LogP contribution < -0.4 is 5.73 Å². The molecular formula is C16H13F4N3. The fraction of sp³-hybridized carbons (Fsp3) is 0.250. The Kier molecular flexibility index (Phi) is 3.79. The largest absolute Gasteiger partial charge is 0.396 e. The molecular weight excluding hydrogens is 310 g/mol. The number of rotatable bonds is 2. The predicted molar refractivity (Wildman–Crippen MR) is 78.6 cm³/mol. The van der Waals surface area contributed by atoms with Crippen LogP contribution in [0.2, 0.25) is 0 Å². The van der Waals surface area contributed by atoms with E-state index in [2.05, 4.69) is 10.2 Å². The second-order valence-electron chi connectivity index (χ2n) is 5.43. The molecule has 0 saturated carbocycles. The lowest BCUT2D eigenvalue weighted by molar-refractivity contribution is -0.00605. The zero-order valence-electron chi connectivity index (χ0n) is 12.0. The van der Waals surface area contributed by atoms with E-state index in [0.717, 1.165) is 18.2 Å². The molecule has 7 heteroatoms. The van der Waals surface area contributed by atoms with Gasteiger partial charge in [0.15, 0.2) is 0 Å². The van der Waals surface area contributed by atoms with Crippen LogP contribution in [0.4, 0.5) is 23.2 Å². The van der Waals surface area contributed by atoms with Gasteiger partial charge in [0.2, 0.25) is 0 Å². The molecule has 1 aromatic heterocycles. The van der Waals surface area contributed by atoms with Crippen LogP contribution in [-0.4, -0.2) is 16.1 Å². The Hall–Kier alpha value is -2.44. The van der Waals surface area contributed by atoms with Crippen molar-refractivity contribution in [2.24, 2.45) is 0 Å². The molecule has 0 fully saturated rings. The van der Waals surface area contributed by atoms with Crippen LogP contribution in [0.15, 0.2) is 30.5 Å². The van der Waals surface area contributed by atoms with Crippen molar-refractivity contribution in [3.05, 3.63) is 47.8 Å². The zero-order valence-corrected chi connectivity index (χ0v) is 12.0. The molecule has 0 aliphatic heterocycles. The summed E-state index contributed by atoms with van der Waals surface area (Å²) in [5.41, 5.74) is 7.03. The van der Waals surface area contributed by atoms with Crippen LogP contribution in [0.5, 0.6) is 0 Å². The first-order valence-electron chi connectivity index (χ1n) is 7.01. The van der Waals surface area contributed by atoms with Crippen molar-refractivity contribution in [2.75, 3.05) is 5.73 Å². The molecule has 23 heavy (non-hydrogen) atoms. The Morgan fingerprint density at radius 2 is 1.91 bits per heavy atom. The van der Waals surface area contributed by atoms with Gasteiger partial charge in [-0.2, -0.15) is 5.10 Å². The molecule has 1 aliphatic carbocycles. The van der Waals surface area contributed by atoms with Crippen molar-refractivity contribution in [1.29, 1.82) is 0 Å². The van der Waals surface area contributed by atoms with E-state index >= 15 is 0 Å². The van der Waals surface area contributed by atoms with Gasteiger partial charge in [-0.15, -0.1) is 5.10 Å². The summed E-state index contributed by atoms with van der Waals surface area (Å²) in [6, 6.07) is 3.00. The Labute approximate surface area is 129 Å². The first-order chi connectivity index (χ1) is 10.9. The van der Waals surface area contributed by atoms with Crippen LogP contribution in [0.3, 0.4) is 0 Å². The molecule has 3 nitrogen and oxygen atoms in total. The zero-order chi connectivity index (χ0) is 16.6. The lowest BCUT2D eigenvalue weighted by Crippen LogP contribution is -2.19. The molecule has 0 atom stereocenters. The standard InChI is InChI=1S/C16H13F4N3/c17-10-1-2-13(18)11(7-10)12-8-22-23-15(14(12)21)9-3-5-16(19,20)6-4-9/h1-3,7-8H,4-6H2,(H2,21,22). The highest BCUT2D eigenvalue weighted by Gasteiger charge is 2.32. The summed E-state index contributed by atoms with van der Waals surface area (Å²) in [4.78, 5) is 0. The van der Waals surface area contributed by atoms with Gasteiger partial charge < -0.3 is 5.73 Å². The van der Waals surface area contributed by atoms with E-state index in [9.17, 15) is 17.6 Å². The second-order valence-corrected chi connectivity index (χ2v) is 5.43. The monoisotopic (exact) mass is 323 g/mol. The molecule has 2 N–H and O–H groups in total. The minimum Gasteiger partial charge on any atom is -0.396 e. The van der Waals surface area contributed by atoms with Gasteiger partial charge in [0.25, 0.3) is 5.92 Å². The Morgan fingerprint density at radius 1 is 1.13 bits per heavy atom. The van der Waals surface area contributed by atoms with E-state index in [-0.39, 0.29) is 35.3 Å². The van der Waals surface area contributed by atoms with Crippen LogP contribution in [0.25, 0.3) is 16.7 Å². The third-order valence-corrected chi connectivity index (χ3v) is 3.82. The number of hydrogen-bond acceptors (Lipinski definition) is 3. The number of anilines is 1. The Balaban J connectivity index is 2.06. The molecule has 0 spiro atoms. The fourth-order valence-corrected chi connectivity index (χ4v) is 2.56. The third-order valence-electron chi connectivity index (χ3n) is 3.82. The average molecular weight is 323 g/mol. The summed E-state index contributed by atoms with van der Waals surface area (Å²) < 4.78 is 53.8. The van der Waals surface area contributed by atoms with Crippen LogP contribution in [0, 0.1) is 11.6 Å². The Morgan fingerprint density at radius 3 is 2.61 bits per heavy atom. The van der Waals surface area contributed by atoms with Crippen molar-refractivity contribution < 1.29 is 17.6 Å². The molecule has 0 saturated heterocycles. The molecule has 0 bridgehead atoms. The normalized spacial score (nSPS) is 17.0. The number of hydrogen-bond donors (Lipinski definition) is 1. The number of nitrogens with two attached hydrogens (primary N) is 1. The minimum absolute atomic E-state index is 0.0413. The lowest BCUT2D eigenvalue weighted by atomic mass is 9.92. The summed E-state index contributed by atoms with van der Waals surface area (Å²) in [6.45, 7) is 0. The molecule has 1 aromatic carbocycles. The third kappa shape index (κ3) is 3.04. The van der Waals surface area contributed by atoms with Crippen molar-refractivity contribution in [3.8, 4) is 11.1 Å². The predicted octanol–water partition coefficient (Wildman–Crippen LogP) is 4.21. The number of halogens is 4. The number of alkyl halides is 2. The molecule has 0 amide bonds. The lowest BCUT2D eigenvalue weighted by Gasteiger charge is -2.22. The van der Waals surface area contributed by atoms with Gasteiger partial charge in [-0.1, -0.05) is 6.08 Å². The SMILES string of the molecule is Nc1c(-c2cc(F)ccc2F)cnnc1C1=CCC(F)(F)CC1. The minimum atomic E-state index is -2.74. The van der Waals surface area contributed by atoms with E-state index in [1.54, 1.807) is 0 Å². The van der Waals surface area contributed by atoms with E-state index in [1.807, 2.05) is 0 Å². The maximum atomic E-state index is 13.9. The molecule has 2 aromatic rings. The summed E-state index contributed by atoms with van der Waals surface area (Å²) >= 11 is 0. The van der Waals surface area contributed by atoms with Gasteiger partial charge in [0.1, 0.15) is 17.3 Å². The van der Waals surface area contributed by atoms with E-state index in [4.69, 9.17) is 5.73 Å². The van der Waals surface area contributed by atoms with Gasteiger partial charge in [0, 0.05) is 24.0 Å². The van der Waals surface area contributed by atoms with E-state index < -0.39 is 24.0 Å². The summed E-state index contributed by atoms with van der Waals surface area (Å²) in [5, 5.41) is 7.64. The number of nitrogen functional groups attached to an aromatic ring is 1. The molecule has 0 radical (unpaired) electrons. The van der Waals surface area contributed by atoms with Gasteiger partial charge in [-0.05, 0) is 30.2 Å². The van der Waals surface area contributed by atoms with Crippen LogP contribution >= 0.6 is 0 Å². The number of allylic oxidation sites excluding steroid dienone is 2. The van der Waals surface area contributed by atoms with Gasteiger partial charge in [-0.25, -0.2) is 17.6 Å². The van der Waals surface area contributed by atoms with Crippen molar-refractivity contribution in [1.82, 2.24) is 10.2 Å². The number of aromatic nitrogens is 2.